The number of halogens is 2. The van der Waals surface area contributed by atoms with Gasteiger partial charge < -0.3 is 20.8 Å². The first-order valence-corrected chi connectivity index (χ1v) is 12.7. The lowest BCUT2D eigenvalue weighted by Gasteiger charge is -2.21. The van der Waals surface area contributed by atoms with Crippen LogP contribution in [0.15, 0.2) is 71.3 Å². The van der Waals surface area contributed by atoms with Crippen molar-refractivity contribution < 1.29 is 13.6 Å². The molecule has 4 aromatic rings. The second kappa shape index (κ2) is 10.7. The maximum Gasteiger partial charge on any atom is 0.223 e. The molecule has 0 spiro atoms. The van der Waals surface area contributed by atoms with E-state index in [4.69, 9.17) is 21.8 Å². The van der Waals surface area contributed by atoms with Gasteiger partial charge in [-0.15, -0.1) is 0 Å². The van der Waals surface area contributed by atoms with Gasteiger partial charge in [0, 0.05) is 47.8 Å². The summed E-state index contributed by atoms with van der Waals surface area (Å²) >= 11 is 5.87. The molecule has 0 aliphatic heterocycles. The third-order valence-corrected chi connectivity index (χ3v) is 7.37. The molecule has 186 valence electrons. The van der Waals surface area contributed by atoms with E-state index in [1.807, 2.05) is 18.2 Å². The molecule has 1 amide bonds. The molecule has 1 heterocycles. The Bertz CT molecular complexity index is 1390. The number of amides is 1. The number of nitrogens with one attached hydrogen (secondary N) is 2. The van der Waals surface area contributed by atoms with Crippen molar-refractivity contribution in [3.05, 3.63) is 88.9 Å². The first kappa shape index (κ1) is 24.3. The molecule has 1 aliphatic carbocycles. The summed E-state index contributed by atoms with van der Waals surface area (Å²) in [5, 5.41) is 7.54. The maximum atomic E-state index is 14.2. The second-order valence-corrected chi connectivity index (χ2v) is 9.78. The van der Waals surface area contributed by atoms with E-state index in [9.17, 15) is 9.18 Å². The number of anilines is 1. The van der Waals surface area contributed by atoms with Gasteiger partial charge in [-0.1, -0.05) is 48.4 Å². The van der Waals surface area contributed by atoms with Crippen LogP contribution in [-0.4, -0.2) is 12.5 Å². The minimum absolute atomic E-state index is 0.0387. The molecule has 7 heteroatoms. The van der Waals surface area contributed by atoms with Crippen molar-refractivity contribution in [3.8, 4) is 11.1 Å². The fourth-order valence-corrected chi connectivity index (χ4v) is 5.33. The molecule has 2 atom stereocenters. The van der Waals surface area contributed by atoms with Crippen LogP contribution in [-0.2, 0) is 17.9 Å². The van der Waals surface area contributed by atoms with Gasteiger partial charge in [0.25, 0.3) is 0 Å². The maximum absolute atomic E-state index is 14.2. The summed E-state index contributed by atoms with van der Waals surface area (Å²) in [5.41, 5.74) is 11.2. The Morgan fingerprint density at radius 1 is 1.11 bits per heavy atom. The highest BCUT2D eigenvalue weighted by atomic mass is 35.5. The fraction of sp³-hybridized carbons (Fsp3) is 0.276. The lowest BCUT2D eigenvalue weighted by Crippen LogP contribution is -2.34. The molecule has 5 nitrogen and oxygen atoms in total. The molecular weight excluding hydrogens is 477 g/mol. The molecule has 0 saturated heterocycles. The minimum Gasteiger partial charge on any atom is -0.464 e. The van der Waals surface area contributed by atoms with Gasteiger partial charge in [0.15, 0.2) is 0 Å². The molecule has 1 aliphatic rings. The molecule has 1 saturated carbocycles. The van der Waals surface area contributed by atoms with Crippen LogP contribution >= 0.6 is 11.6 Å². The highest BCUT2D eigenvalue weighted by molar-refractivity contribution is 6.30. The standard InChI is InChI=1S/C29H29ClFN3O2/c30-26-9-3-7-22(27(26)31)17-34-29(35)24-8-2-6-21(24)16-33-23-13-20-10-11-36-28(20)25(14-23)19-5-1-4-18(12-19)15-32/h1,3-5,7,9-14,21,24,33H,2,6,8,15-17,32H2,(H,34,35)/t21?,24-/m1/s1. The van der Waals surface area contributed by atoms with Crippen LogP contribution in [0.1, 0.15) is 30.4 Å². The minimum atomic E-state index is -0.480. The van der Waals surface area contributed by atoms with Gasteiger partial charge in [-0.05, 0) is 60.2 Å². The number of carbonyl (C=O) groups is 1. The summed E-state index contributed by atoms with van der Waals surface area (Å²) in [5.74, 6) is -0.439. The van der Waals surface area contributed by atoms with Crippen LogP contribution < -0.4 is 16.4 Å². The lowest BCUT2D eigenvalue weighted by atomic mass is 9.94. The Balaban J connectivity index is 1.28. The molecule has 4 N–H and O–H groups in total. The van der Waals surface area contributed by atoms with Crippen molar-refractivity contribution in [1.82, 2.24) is 5.32 Å². The van der Waals surface area contributed by atoms with E-state index in [1.54, 1.807) is 18.4 Å². The number of hydrogen-bond donors (Lipinski definition) is 3. The van der Waals surface area contributed by atoms with E-state index in [2.05, 4.69) is 34.9 Å². The van der Waals surface area contributed by atoms with Gasteiger partial charge in [0.1, 0.15) is 11.4 Å². The summed E-state index contributed by atoms with van der Waals surface area (Å²) in [7, 11) is 0. The van der Waals surface area contributed by atoms with Crippen molar-refractivity contribution >= 4 is 34.2 Å². The lowest BCUT2D eigenvalue weighted by molar-refractivity contribution is -0.126. The number of nitrogens with two attached hydrogens (primary N) is 1. The van der Waals surface area contributed by atoms with Crippen LogP contribution in [0.4, 0.5) is 10.1 Å². The highest BCUT2D eigenvalue weighted by Crippen LogP contribution is 2.35. The second-order valence-electron chi connectivity index (χ2n) is 9.38. The van der Waals surface area contributed by atoms with Crippen LogP contribution in [0.2, 0.25) is 5.02 Å². The number of benzene rings is 3. The Hall–Kier alpha value is -3.35. The Morgan fingerprint density at radius 3 is 2.83 bits per heavy atom. The molecule has 0 radical (unpaired) electrons. The molecule has 5 rings (SSSR count). The van der Waals surface area contributed by atoms with Gasteiger partial charge in [-0.3, -0.25) is 4.79 Å². The number of carbonyl (C=O) groups excluding carboxylic acids is 1. The third kappa shape index (κ3) is 5.11. The van der Waals surface area contributed by atoms with E-state index in [0.717, 1.165) is 52.6 Å². The summed E-state index contributed by atoms with van der Waals surface area (Å²) in [6, 6.07) is 19.1. The van der Waals surface area contributed by atoms with Crippen molar-refractivity contribution in [2.75, 3.05) is 11.9 Å². The Kier molecular flexibility index (Phi) is 7.25. The Labute approximate surface area is 214 Å². The number of furan rings is 1. The highest BCUT2D eigenvalue weighted by Gasteiger charge is 2.32. The largest absolute Gasteiger partial charge is 0.464 e. The van der Waals surface area contributed by atoms with Gasteiger partial charge in [-0.2, -0.15) is 0 Å². The quantitative estimate of drug-likeness (QED) is 0.255. The Morgan fingerprint density at radius 2 is 1.97 bits per heavy atom. The van der Waals surface area contributed by atoms with Crippen LogP contribution in [0.25, 0.3) is 22.1 Å². The van der Waals surface area contributed by atoms with Crippen molar-refractivity contribution in [2.45, 2.75) is 32.4 Å². The molecule has 1 aromatic heterocycles. The predicted octanol–water partition coefficient (Wildman–Crippen LogP) is 6.50. The summed E-state index contributed by atoms with van der Waals surface area (Å²) in [6.07, 6.45) is 4.49. The molecule has 36 heavy (non-hydrogen) atoms. The van der Waals surface area contributed by atoms with Gasteiger partial charge in [-0.25, -0.2) is 4.39 Å². The molecule has 1 fully saturated rings. The van der Waals surface area contributed by atoms with Gasteiger partial charge >= 0.3 is 0 Å². The molecule has 3 aromatic carbocycles. The third-order valence-electron chi connectivity index (χ3n) is 7.07. The summed E-state index contributed by atoms with van der Waals surface area (Å²) in [4.78, 5) is 13.0. The number of fused-ring (bicyclic) bond motifs is 1. The SMILES string of the molecule is NCc1cccc(-c2cc(NCC3CCC[C@H]3C(=O)NCc3cccc(Cl)c3F)cc3ccoc23)c1. The van der Waals surface area contributed by atoms with Crippen LogP contribution in [0.5, 0.6) is 0 Å². The average molecular weight is 506 g/mol. The molecule has 1 unspecified atom stereocenters. The normalized spacial score (nSPS) is 17.4. The van der Waals surface area contributed by atoms with Gasteiger partial charge in [0.05, 0.1) is 11.3 Å². The first-order chi connectivity index (χ1) is 17.5. The van der Waals surface area contributed by atoms with Crippen LogP contribution in [0.3, 0.4) is 0 Å². The monoisotopic (exact) mass is 505 g/mol. The summed E-state index contributed by atoms with van der Waals surface area (Å²) in [6.45, 7) is 1.28. The van der Waals surface area contributed by atoms with Crippen molar-refractivity contribution in [3.63, 3.8) is 0 Å². The van der Waals surface area contributed by atoms with Crippen LogP contribution in [0, 0.1) is 17.7 Å². The average Bonchev–Trinajstić information content (AvgIpc) is 3.57. The number of rotatable bonds is 8. The predicted molar refractivity (Wildman–Crippen MR) is 142 cm³/mol. The zero-order valence-electron chi connectivity index (χ0n) is 19.9. The van der Waals surface area contributed by atoms with E-state index < -0.39 is 5.82 Å². The van der Waals surface area contributed by atoms with Gasteiger partial charge in [0.2, 0.25) is 5.91 Å². The topological polar surface area (TPSA) is 80.3 Å². The van der Waals surface area contributed by atoms with E-state index in [-0.39, 0.29) is 29.3 Å². The molecule has 0 bridgehead atoms. The van der Waals surface area contributed by atoms with E-state index in [0.29, 0.717) is 18.7 Å². The van der Waals surface area contributed by atoms with Crippen molar-refractivity contribution in [1.29, 1.82) is 0 Å². The fourth-order valence-electron chi connectivity index (χ4n) is 5.14. The number of hydrogen-bond acceptors (Lipinski definition) is 4. The molecular formula is C29H29ClFN3O2. The first-order valence-electron chi connectivity index (χ1n) is 12.3. The van der Waals surface area contributed by atoms with E-state index >= 15 is 0 Å². The zero-order chi connectivity index (χ0) is 25.1. The smallest absolute Gasteiger partial charge is 0.223 e. The summed E-state index contributed by atoms with van der Waals surface area (Å²) < 4.78 is 20.0. The van der Waals surface area contributed by atoms with Crippen molar-refractivity contribution in [2.24, 2.45) is 17.6 Å². The zero-order valence-corrected chi connectivity index (χ0v) is 20.7. The van der Waals surface area contributed by atoms with E-state index in [1.165, 1.54) is 6.07 Å².